The van der Waals surface area contributed by atoms with Crippen LogP contribution in [0.5, 0.6) is 0 Å². The molecule has 27 heavy (non-hydrogen) atoms. The molecule has 2 aromatic rings. The Kier molecular flexibility index (Phi) is 6.29. The van der Waals surface area contributed by atoms with Gasteiger partial charge in [0.1, 0.15) is 6.07 Å². The predicted octanol–water partition coefficient (Wildman–Crippen LogP) is 5.41. The SMILES string of the molecule is CCC(C)(CC)c1ncc(CN2CCC(c3ccccc3)CC2)cc1C#N. The molecule has 0 atom stereocenters. The second-order valence-electron chi connectivity index (χ2n) is 8.08. The van der Waals surface area contributed by atoms with Crippen LogP contribution in [0.3, 0.4) is 0 Å². The van der Waals surface area contributed by atoms with Gasteiger partial charge in [0.2, 0.25) is 0 Å². The second kappa shape index (κ2) is 8.67. The molecule has 0 amide bonds. The molecular formula is C24H31N3. The first kappa shape index (κ1) is 19.6. The number of aromatic nitrogens is 1. The van der Waals surface area contributed by atoms with E-state index in [1.165, 1.54) is 18.4 Å². The standard InChI is InChI=1S/C24H31N3/c1-4-24(3,5-2)23-22(16-25)15-19(17-26-23)18-27-13-11-21(12-14-27)20-9-7-6-8-10-20/h6-10,15,17,21H,4-5,11-14,18H2,1-3H3. The summed E-state index contributed by atoms with van der Waals surface area (Å²) in [5.74, 6) is 0.674. The summed E-state index contributed by atoms with van der Waals surface area (Å²) in [6.07, 6.45) is 6.38. The molecule has 0 aliphatic carbocycles. The minimum Gasteiger partial charge on any atom is -0.299 e. The maximum Gasteiger partial charge on any atom is 0.101 e. The fourth-order valence-corrected chi connectivity index (χ4v) is 4.15. The Morgan fingerprint density at radius 2 is 1.81 bits per heavy atom. The zero-order chi connectivity index (χ0) is 19.3. The van der Waals surface area contributed by atoms with E-state index in [2.05, 4.69) is 68.1 Å². The van der Waals surface area contributed by atoms with Gasteiger partial charge in [-0.25, -0.2) is 0 Å². The molecule has 142 valence electrons. The molecule has 1 saturated heterocycles. The lowest BCUT2D eigenvalue weighted by molar-refractivity contribution is 0.204. The van der Waals surface area contributed by atoms with Crippen LogP contribution in [0.4, 0.5) is 0 Å². The van der Waals surface area contributed by atoms with Gasteiger partial charge >= 0.3 is 0 Å². The van der Waals surface area contributed by atoms with E-state index in [0.717, 1.165) is 49.3 Å². The number of nitrogens with zero attached hydrogens (tertiary/aromatic N) is 3. The van der Waals surface area contributed by atoms with Crippen molar-refractivity contribution < 1.29 is 0 Å². The molecule has 2 heterocycles. The number of nitriles is 1. The van der Waals surface area contributed by atoms with Crippen LogP contribution in [0.2, 0.25) is 0 Å². The zero-order valence-corrected chi connectivity index (χ0v) is 16.9. The van der Waals surface area contributed by atoms with Crippen molar-refractivity contribution in [2.24, 2.45) is 0 Å². The maximum atomic E-state index is 9.66. The van der Waals surface area contributed by atoms with Gasteiger partial charge in [-0.05, 0) is 61.9 Å². The third-order valence-electron chi connectivity index (χ3n) is 6.46. The van der Waals surface area contributed by atoms with Crippen molar-refractivity contribution in [1.82, 2.24) is 9.88 Å². The van der Waals surface area contributed by atoms with E-state index in [1.54, 1.807) is 0 Å². The average Bonchev–Trinajstić information content (AvgIpc) is 2.74. The van der Waals surface area contributed by atoms with E-state index in [-0.39, 0.29) is 5.41 Å². The minimum atomic E-state index is -0.0162. The van der Waals surface area contributed by atoms with Gasteiger partial charge in [0, 0.05) is 18.2 Å². The first-order chi connectivity index (χ1) is 13.1. The van der Waals surface area contributed by atoms with E-state index in [4.69, 9.17) is 4.98 Å². The highest BCUT2D eigenvalue weighted by Crippen LogP contribution is 2.32. The van der Waals surface area contributed by atoms with Crippen molar-refractivity contribution >= 4 is 0 Å². The summed E-state index contributed by atoms with van der Waals surface area (Å²) >= 11 is 0. The van der Waals surface area contributed by atoms with Gasteiger partial charge < -0.3 is 0 Å². The molecule has 0 unspecified atom stereocenters. The Balaban J connectivity index is 1.66. The fraction of sp³-hybridized carbons (Fsp3) is 0.500. The number of hydrogen-bond acceptors (Lipinski definition) is 3. The van der Waals surface area contributed by atoms with Crippen LogP contribution in [0.15, 0.2) is 42.6 Å². The van der Waals surface area contributed by atoms with Gasteiger partial charge in [-0.2, -0.15) is 5.26 Å². The second-order valence-corrected chi connectivity index (χ2v) is 8.08. The minimum absolute atomic E-state index is 0.0162. The molecule has 3 rings (SSSR count). The first-order valence-corrected chi connectivity index (χ1v) is 10.3. The molecule has 0 radical (unpaired) electrons. The number of benzene rings is 1. The summed E-state index contributed by atoms with van der Waals surface area (Å²) in [7, 11) is 0. The Hall–Kier alpha value is -2.18. The summed E-state index contributed by atoms with van der Waals surface area (Å²) in [4.78, 5) is 7.24. The zero-order valence-electron chi connectivity index (χ0n) is 16.9. The highest BCUT2D eigenvalue weighted by molar-refractivity contribution is 5.40. The number of rotatable bonds is 6. The predicted molar refractivity (Wildman–Crippen MR) is 111 cm³/mol. The van der Waals surface area contributed by atoms with Crippen molar-refractivity contribution in [1.29, 1.82) is 5.26 Å². The molecule has 3 heteroatoms. The Morgan fingerprint density at radius 1 is 1.15 bits per heavy atom. The average molecular weight is 362 g/mol. The third-order valence-corrected chi connectivity index (χ3v) is 6.46. The lowest BCUT2D eigenvalue weighted by Gasteiger charge is -2.32. The molecule has 0 N–H and O–H groups in total. The van der Waals surface area contributed by atoms with Crippen LogP contribution in [0, 0.1) is 11.3 Å². The third kappa shape index (κ3) is 4.39. The normalized spacial score (nSPS) is 16.2. The monoisotopic (exact) mass is 361 g/mol. The Morgan fingerprint density at radius 3 is 2.41 bits per heavy atom. The smallest absolute Gasteiger partial charge is 0.101 e. The lowest BCUT2D eigenvalue weighted by atomic mass is 9.79. The summed E-state index contributed by atoms with van der Waals surface area (Å²) in [5.41, 5.74) is 4.31. The molecule has 1 aromatic carbocycles. The molecule has 1 aromatic heterocycles. The van der Waals surface area contributed by atoms with E-state index < -0.39 is 0 Å². The van der Waals surface area contributed by atoms with Crippen LogP contribution in [-0.4, -0.2) is 23.0 Å². The number of likely N-dealkylation sites (tertiary alicyclic amines) is 1. The van der Waals surface area contributed by atoms with Crippen molar-refractivity contribution in [3.8, 4) is 6.07 Å². The lowest BCUT2D eigenvalue weighted by Crippen LogP contribution is -2.32. The molecular weight excluding hydrogens is 330 g/mol. The van der Waals surface area contributed by atoms with Crippen molar-refractivity contribution in [2.75, 3.05) is 13.1 Å². The number of piperidine rings is 1. The van der Waals surface area contributed by atoms with Gasteiger partial charge in [0.15, 0.2) is 0 Å². The van der Waals surface area contributed by atoms with E-state index in [0.29, 0.717) is 5.92 Å². The van der Waals surface area contributed by atoms with Gasteiger partial charge in [-0.15, -0.1) is 0 Å². The van der Waals surface area contributed by atoms with Gasteiger partial charge in [-0.1, -0.05) is 51.1 Å². The van der Waals surface area contributed by atoms with Crippen LogP contribution in [-0.2, 0) is 12.0 Å². The van der Waals surface area contributed by atoms with Crippen LogP contribution >= 0.6 is 0 Å². The molecule has 0 spiro atoms. The van der Waals surface area contributed by atoms with E-state index in [1.807, 2.05) is 6.20 Å². The highest BCUT2D eigenvalue weighted by atomic mass is 15.1. The van der Waals surface area contributed by atoms with E-state index in [9.17, 15) is 5.26 Å². The summed E-state index contributed by atoms with van der Waals surface area (Å²) in [5, 5.41) is 9.66. The maximum absolute atomic E-state index is 9.66. The van der Waals surface area contributed by atoms with E-state index >= 15 is 0 Å². The number of hydrogen-bond donors (Lipinski definition) is 0. The molecule has 0 saturated carbocycles. The summed E-state index contributed by atoms with van der Waals surface area (Å²) in [6.45, 7) is 9.66. The van der Waals surface area contributed by atoms with Gasteiger partial charge in [-0.3, -0.25) is 9.88 Å². The first-order valence-electron chi connectivity index (χ1n) is 10.3. The Bertz CT molecular complexity index is 779. The fourth-order valence-electron chi connectivity index (χ4n) is 4.15. The molecule has 1 aliphatic rings. The quantitative estimate of drug-likeness (QED) is 0.690. The van der Waals surface area contributed by atoms with Gasteiger partial charge in [0.05, 0.1) is 11.3 Å². The van der Waals surface area contributed by atoms with Gasteiger partial charge in [0.25, 0.3) is 0 Å². The largest absolute Gasteiger partial charge is 0.299 e. The Labute approximate surface area is 164 Å². The van der Waals surface area contributed by atoms with Crippen LogP contribution in [0.1, 0.15) is 74.8 Å². The van der Waals surface area contributed by atoms with Crippen LogP contribution in [0.25, 0.3) is 0 Å². The highest BCUT2D eigenvalue weighted by Gasteiger charge is 2.27. The molecule has 1 aliphatic heterocycles. The van der Waals surface area contributed by atoms with Crippen molar-refractivity contribution in [3.63, 3.8) is 0 Å². The summed E-state index contributed by atoms with van der Waals surface area (Å²) < 4.78 is 0. The van der Waals surface area contributed by atoms with Crippen LogP contribution < -0.4 is 0 Å². The number of pyridine rings is 1. The van der Waals surface area contributed by atoms with Crippen molar-refractivity contribution in [3.05, 3.63) is 65.0 Å². The molecule has 3 nitrogen and oxygen atoms in total. The summed E-state index contributed by atoms with van der Waals surface area (Å²) in [6, 6.07) is 15.3. The molecule has 1 fully saturated rings. The topological polar surface area (TPSA) is 39.9 Å². The van der Waals surface area contributed by atoms with Crippen molar-refractivity contribution in [2.45, 2.75) is 64.3 Å². The molecule has 0 bridgehead atoms.